The van der Waals surface area contributed by atoms with E-state index in [0.29, 0.717) is 28.5 Å². The third-order valence-corrected chi connectivity index (χ3v) is 2.97. The van der Waals surface area contributed by atoms with Crippen molar-refractivity contribution in [2.45, 2.75) is 26.8 Å². The molecule has 1 aromatic carbocycles. The van der Waals surface area contributed by atoms with Gasteiger partial charge in [0.25, 0.3) is 0 Å². The molecule has 3 nitrogen and oxygen atoms in total. The van der Waals surface area contributed by atoms with Crippen LogP contribution in [0.1, 0.15) is 25.2 Å². The first-order valence-corrected chi connectivity index (χ1v) is 6.85. The molecule has 0 spiro atoms. The van der Waals surface area contributed by atoms with Gasteiger partial charge in [-0.15, -0.1) is 0 Å². The van der Waals surface area contributed by atoms with E-state index in [0.717, 1.165) is 0 Å². The van der Waals surface area contributed by atoms with Gasteiger partial charge in [0, 0.05) is 17.0 Å². The molecule has 0 bridgehead atoms. The van der Waals surface area contributed by atoms with Gasteiger partial charge in [0.2, 0.25) is 0 Å². The Bertz CT molecular complexity index is 641. The summed E-state index contributed by atoms with van der Waals surface area (Å²) in [7, 11) is 0. The Morgan fingerprint density at radius 2 is 1.95 bits per heavy atom. The van der Waals surface area contributed by atoms with Crippen LogP contribution in [0.15, 0.2) is 24.3 Å². The van der Waals surface area contributed by atoms with Crippen LogP contribution < -0.4 is 5.32 Å². The lowest BCUT2D eigenvalue weighted by Gasteiger charge is -2.15. The van der Waals surface area contributed by atoms with Crippen molar-refractivity contribution in [1.29, 1.82) is 0 Å². The number of thiocarbonyl (C=S) groups is 1. The molecule has 2 aromatic rings. The van der Waals surface area contributed by atoms with Gasteiger partial charge in [0.1, 0.15) is 17.5 Å². The Morgan fingerprint density at radius 1 is 1.25 bits per heavy atom. The quantitative estimate of drug-likeness (QED) is 0.870. The molecule has 0 amide bonds. The molecule has 0 unspecified atom stereocenters. The molecule has 0 saturated heterocycles. The van der Waals surface area contributed by atoms with E-state index in [9.17, 15) is 4.39 Å². The molecule has 1 aromatic heterocycles. The number of benzene rings is 1. The first kappa shape index (κ1) is 14.5. The first-order valence-electron chi connectivity index (χ1n) is 6.38. The fourth-order valence-electron chi connectivity index (χ4n) is 1.93. The molecule has 0 aliphatic heterocycles. The summed E-state index contributed by atoms with van der Waals surface area (Å²) in [6.07, 6.45) is 0. The highest BCUT2D eigenvalue weighted by Gasteiger charge is 2.16. The van der Waals surface area contributed by atoms with Crippen LogP contribution in [0, 0.1) is 12.7 Å². The molecule has 0 fully saturated rings. The summed E-state index contributed by atoms with van der Waals surface area (Å²) in [5, 5.41) is 4.72. The highest BCUT2D eigenvalue weighted by Crippen LogP contribution is 2.27. The predicted molar refractivity (Wildman–Crippen MR) is 83.7 cm³/mol. The van der Waals surface area contributed by atoms with Crippen molar-refractivity contribution < 1.29 is 4.39 Å². The second-order valence-electron chi connectivity index (χ2n) is 4.78. The van der Waals surface area contributed by atoms with Crippen molar-refractivity contribution in [3.8, 4) is 11.3 Å². The van der Waals surface area contributed by atoms with Crippen LogP contribution >= 0.6 is 12.2 Å². The Morgan fingerprint density at radius 3 is 2.55 bits per heavy atom. The Hall–Kier alpha value is -1.88. The van der Waals surface area contributed by atoms with E-state index in [2.05, 4.69) is 15.3 Å². The third kappa shape index (κ3) is 2.99. The molecular weight excluding hydrogens is 273 g/mol. The average molecular weight is 289 g/mol. The number of aryl methyl sites for hydroxylation is 1. The number of aromatic nitrogens is 2. The van der Waals surface area contributed by atoms with Crippen LogP contribution in [0.5, 0.6) is 0 Å². The lowest BCUT2D eigenvalue weighted by Crippen LogP contribution is -2.15. The molecule has 0 aliphatic rings. The molecule has 104 valence electrons. The average Bonchev–Trinajstić information content (AvgIpc) is 2.38. The zero-order chi connectivity index (χ0) is 14.7. The monoisotopic (exact) mass is 289 g/mol. The van der Waals surface area contributed by atoms with Crippen LogP contribution in [0.2, 0.25) is 0 Å². The van der Waals surface area contributed by atoms with Crippen molar-refractivity contribution in [2.75, 3.05) is 5.32 Å². The van der Waals surface area contributed by atoms with E-state index in [1.165, 1.54) is 11.4 Å². The molecule has 1 heterocycles. The van der Waals surface area contributed by atoms with Crippen LogP contribution in [-0.4, -0.2) is 21.4 Å². The minimum absolute atomic E-state index is 0.200. The lowest BCUT2D eigenvalue weighted by molar-refractivity contribution is 0.630. The van der Waals surface area contributed by atoms with Crippen LogP contribution in [0.3, 0.4) is 0 Å². The largest absolute Gasteiger partial charge is 0.367 e. The zero-order valence-corrected chi connectivity index (χ0v) is 12.5. The summed E-state index contributed by atoms with van der Waals surface area (Å²) in [4.78, 5) is 8.71. The maximum atomic E-state index is 14.0. The van der Waals surface area contributed by atoms with E-state index in [1.807, 2.05) is 13.8 Å². The third-order valence-electron chi connectivity index (χ3n) is 2.73. The fourth-order valence-corrected chi connectivity index (χ4v) is 2.16. The van der Waals surface area contributed by atoms with Crippen LogP contribution in [0.4, 0.5) is 10.2 Å². The molecule has 2 rings (SSSR count). The number of anilines is 1. The minimum atomic E-state index is -0.320. The van der Waals surface area contributed by atoms with Gasteiger partial charge < -0.3 is 5.32 Å². The van der Waals surface area contributed by atoms with Crippen molar-refractivity contribution in [3.63, 3.8) is 0 Å². The fraction of sp³-hybridized carbons (Fsp3) is 0.267. The second kappa shape index (κ2) is 6.05. The predicted octanol–water partition coefficient (Wildman–Crippen LogP) is 3.76. The highest BCUT2D eigenvalue weighted by atomic mass is 32.1. The van der Waals surface area contributed by atoms with Gasteiger partial charge in [-0.2, -0.15) is 0 Å². The second-order valence-corrected chi connectivity index (χ2v) is 5.01. The van der Waals surface area contributed by atoms with Crippen molar-refractivity contribution >= 4 is 23.4 Å². The number of nitrogens with zero attached hydrogens (tertiary/aromatic N) is 2. The lowest BCUT2D eigenvalue weighted by atomic mass is 10.1. The molecule has 0 radical (unpaired) electrons. The highest BCUT2D eigenvalue weighted by molar-refractivity contribution is 7.79. The molecule has 0 atom stereocenters. The van der Waals surface area contributed by atoms with Gasteiger partial charge in [-0.1, -0.05) is 24.4 Å². The van der Waals surface area contributed by atoms with Gasteiger partial charge in [-0.25, -0.2) is 14.4 Å². The first-order chi connectivity index (χ1) is 9.52. The topological polar surface area (TPSA) is 37.8 Å². The Labute approximate surface area is 123 Å². The summed E-state index contributed by atoms with van der Waals surface area (Å²) in [6.45, 7) is 5.80. The molecule has 0 aliphatic carbocycles. The van der Waals surface area contributed by atoms with Crippen molar-refractivity contribution in [2.24, 2.45) is 0 Å². The zero-order valence-electron chi connectivity index (χ0n) is 11.6. The van der Waals surface area contributed by atoms with Crippen LogP contribution in [0.25, 0.3) is 11.3 Å². The van der Waals surface area contributed by atoms with Gasteiger partial charge in [-0.05, 0) is 32.9 Å². The summed E-state index contributed by atoms with van der Waals surface area (Å²) in [5.74, 6) is 0.895. The molecule has 20 heavy (non-hydrogen) atoms. The normalized spacial score (nSPS) is 10.7. The van der Waals surface area contributed by atoms with Gasteiger partial charge in [0.15, 0.2) is 0 Å². The molecule has 1 N–H and O–H groups in total. The van der Waals surface area contributed by atoms with Gasteiger partial charge >= 0.3 is 0 Å². The number of rotatable bonds is 4. The molecule has 5 heteroatoms. The summed E-state index contributed by atoms with van der Waals surface area (Å²) < 4.78 is 14.0. The summed E-state index contributed by atoms with van der Waals surface area (Å²) >= 11 is 5.07. The minimum Gasteiger partial charge on any atom is -0.367 e. The number of hydrogen-bond acceptors (Lipinski definition) is 4. The van der Waals surface area contributed by atoms with Crippen LogP contribution in [-0.2, 0) is 0 Å². The maximum Gasteiger partial charge on any atom is 0.138 e. The summed E-state index contributed by atoms with van der Waals surface area (Å²) in [5.41, 5.74) is 1.60. The number of halogens is 1. The van der Waals surface area contributed by atoms with E-state index in [4.69, 9.17) is 12.2 Å². The van der Waals surface area contributed by atoms with E-state index < -0.39 is 0 Å². The standard InChI is InChI=1S/C15H16FN3S/c1-9(2)17-15-12(8-20)14(18-10(3)19-15)11-6-4-5-7-13(11)16/h4-9H,1-3H3,(H,17,18,19). The van der Waals surface area contributed by atoms with E-state index >= 15 is 0 Å². The van der Waals surface area contributed by atoms with E-state index in [1.54, 1.807) is 25.1 Å². The van der Waals surface area contributed by atoms with Crippen molar-refractivity contribution in [1.82, 2.24) is 9.97 Å². The van der Waals surface area contributed by atoms with E-state index in [-0.39, 0.29) is 11.9 Å². The number of nitrogens with one attached hydrogen (secondary N) is 1. The van der Waals surface area contributed by atoms with Crippen molar-refractivity contribution in [3.05, 3.63) is 41.5 Å². The SMILES string of the molecule is Cc1nc(NC(C)C)c(C=S)c(-c2ccccc2F)n1. The smallest absolute Gasteiger partial charge is 0.138 e. The Kier molecular flexibility index (Phi) is 4.39. The molecular formula is C15H16FN3S. The van der Waals surface area contributed by atoms with Gasteiger partial charge in [-0.3, -0.25) is 0 Å². The summed E-state index contributed by atoms with van der Waals surface area (Å²) in [6, 6.07) is 6.73. The maximum absolute atomic E-state index is 14.0. The molecule has 0 saturated carbocycles. The Balaban J connectivity index is 2.66. The van der Waals surface area contributed by atoms with Gasteiger partial charge in [0.05, 0.1) is 11.3 Å². The number of hydrogen-bond donors (Lipinski definition) is 1.